The van der Waals surface area contributed by atoms with Gasteiger partial charge < -0.3 is 15.4 Å². The lowest BCUT2D eigenvalue weighted by Gasteiger charge is -2.32. The summed E-state index contributed by atoms with van der Waals surface area (Å²) in [7, 11) is 0. The zero-order valence-electron chi connectivity index (χ0n) is 11.5. The Morgan fingerprint density at radius 2 is 2.16 bits per heavy atom. The van der Waals surface area contributed by atoms with Crippen LogP contribution in [-0.2, 0) is 0 Å². The Hall–Kier alpha value is -1.81. The van der Waals surface area contributed by atoms with Crippen LogP contribution in [0.3, 0.4) is 0 Å². The van der Waals surface area contributed by atoms with E-state index in [1.165, 1.54) is 0 Å². The Kier molecular flexibility index (Phi) is 3.62. The molecule has 0 saturated heterocycles. The number of fused-ring (bicyclic) bond motifs is 1. The third-order valence-corrected chi connectivity index (χ3v) is 3.82. The molecule has 0 saturated carbocycles. The summed E-state index contributed by atoms with van der Waals surface area (Å²) >= 11 is 0. The molecule has 4 heteroatoms. The molecular weight excluding hydrogens is 240 g/mol. The van der Waals surface area contributed by atoms with Crippen molar-refractivity contribution in [1.29, 1.82) is 0 Å². The number of benzene rings is 1. The van der Waals surface area contributed by atoms with Crippen LogP contribution in [0.15, 0.2) is 30.5 Å². The molecule has 2 aromatic rings. The monoisotopic (exact) mass is 260 g/mol. The van der Waals surface area contributed by atoms with E-state index in [1.54, 1.807) is 6.07 Å². The van der Waals surface area contributed by atoms with Crippen LogP contribution in [0.2, 0.25) is 0 Å². The summed E-state index contributed by atoms with van der Waals surface area (Å²) in [5.74, 6) is -0.00853. The largest absolute Gasteiger partial charge is 0.394 e. The van der Waals surface area contributed by atoms with Gasteiger partial charge in [0.05, 0.1) is 12.1 Å². The predicted octanol–water partition coefficient (Wildman–Crippen LogP) is 2.30. The average Bonchev–Trinajstić information content (AvgIpc) is 2.85. The number of nitrogens with one attached hydrogen (secondary N) is 2. The first-order chi connectivity index (χ1) is 8.96. The molecular formula is C15H20N2O2. The summed E-state index contributed by atoms with van der Waals surface area (Å²) in [5.41, 5.74) is 1.00. The fourth-order valence-electron chi connectivity index (χ4n) is 1.89. The molecule has 3 N–H and O–H groups in total. The lowest BCUT2D eigenvalue weighted by molar-refractivity contribution is 0.0784. The highest BCUT2D eigenvalue weighted by molar-refractivity contribution is 5.98. The number of aliphatic hydroxyl groups excluding tert-OH is 1. The number of aromatic nitrogens is 1. The molecule has 0 aliphatic heterocycles. The summed E-state index contributed by atoms with van der Waals surface area (Å²) in [5, 5.41) is 13.4. The molecule has 19 heavy (non-hydrogen) atoms. The Balaban J connectivity index is 2.23. The van der Waals surface area contributed by atoms with Gasteiger partial charge in [-0.15, -0.1) is 0 Å². The van der Waals surface area contributed by atoms with Gasteiger partial charge in [0.25, 0.3) is 5.91 Å². The van der Waals surface area contributed by atoms with Crippen molar-refractivity contribution in [2.45, 2.75) is 26.3 Å². The molecule has 1 aromatic heterocycles. The second-order valence-electron chi connectivity index (χ2n) is 5.46. The van der Waals surface area contributed by atoms with Gasteiger partial charge in [-0.3, -0.25) is 4.79 Å². The van der Waals surface area contributed by atoms with Crippen molar-refractivity contribution < 1.29 is 9.90 Å². The Morgan fingerprint density at radius 3 is 2.79 bits per heavy atom. The van der Waals surface area contributed by atoms with Gasteiger partial charge in [0, 0.05) is 22.7 Å². The van der Waals surface area contributed by atoms with Crippen LogP contribution in [0.25, 0.3) is 10.9 Å². The van der Waals surface area contributed by atoms with Gasteiger partial charge in [0.15, 0.2) is 0 Å². The van der Waals surface area contributed by atoms with E-state index in [4.69, 9.17) is 0 Å². The third kappa shape index (κ3) is 2.63. The summed E-state index contributed by atoms with van der Waals surface area (Å²) in [4.78, 5) is 15.3. The topological polar surface area (TPSA) is 65.1 Å². The van der Waals surface area contributed by atoms with Crippen LogP contribution in [-0.4, -0.2) is 28.1 Å². The lowest BCUT2D eigenvalue weighted by atomic mass is 9.89. The normalized spacial score (nSPS) is 14.6. The van der Waals surface area contributed by atoms with E-state index >= 15 is 0 Å². The fraction of sp³-hybridized carbons (Fsp3) is 0.400. The van der Waals surface area contributed by atoms with Crippen molar-refractivity contribution in [1.82, 2.24) is 10.3 Å². The van der Waals surface area contributed by atoms with Crippen LogP contribution in [0, 0.1) is 5.92 Å². The Morgan fingerprint density at radius 1 is 1.42 bits per heavy atom. The molecule has 2 rings (SSSR count). The molecule has 102 valence electrons. The van der Waals surface area contributed by atoms with Crippen LogP contribution in [0.4, 0.5) is 0 Å². The van der Waals surface area contributed by atoms with Gasteiger partial charge in [-0.1, -0.05) is 13.8 Å². The van der Waals surface area contributed by atoms with Crippen LogP contribution in [0.5, 0.6) is 0 Å². The molecule has 0 fully saturated rings. The number of carbonyl (C=O) groups is 1. The molecule has 1 amide bonds. The van der Waals surface area contributed by atoms with Gasteiger partial charge in [0.1, 0.15) is 0 Å². The summed E-state index contributed by atoms with van der Waals surface area (Å²) in [6.45, 7) is 5.73. The predicted molar refractivity (Wildman–Crippen MR) is 76.1 cm³/mol. The van der Waals surface area contributed by atoms with E-state index in [-0.39, 0.29) is 18.4 Å². The summed E-state index contributed by atoms with van der Waals surface area (Å²) in [6, 6.07) is 7.45. The number of amides is 1. The van der Waals surface area contributed by atoms with Crippen molar-refractivity contribution in [2.24, 2.45) is 5.92 Å². The molecule has 0 spiro atoms. The summed E-state index contributed by atoms with van der Waals surface area (Å²) in [6.07, 6.45) is 1.85. The maximum Gasteiger partial charge on any atom is 0.251 e. The van der Waals surface area contributed by atoms with E-state index in [0.717, 1.165) is 10.9 Å². The number of rotatable bonds is 4. The summed E-state index contributed by atoms with van der Waals surface area (Å²) < 4.78 is 0. The first-order valence-electron chi connectivity index (χ1n) is 6.47. The number of hydrogen-bond acceptors (Lipinski definition) is 2. The highest BCUT2D eigenvalue weighted by atomic mass is 16.3. The number of carbonyl (C=O) groups excluding carboxylic acids is 1. The average molecular weight is 260 g/mol. The molecule has 1 unspecified atom stereocenters. The number of aromatic amines is 1. The SMILES string of the molecule is CC(C)C(C)(CO)NC(=O)c1ccc2[nH]ccc2c1. The van der Waals surface area contributed by atoms with Crippen molar-refractivity contribution in [3.8, 4) is 0 Å². The van der Waals surface area contributed by atoms with Crippen LogP contribution >= 0.6 is 0 Å². The van der Waals surface area contributed by atoms with Crippen molar-refractivity contribution in [2.75, 3.05) is 6.61 Å². The van der Waals surface area contributed by atoms with E-state index in [2.05, 4.69) is 10.3 Å². The minimum Gasteiger partial charge on any atom is -0.394 e. The lowest BCUT2D eigenvalue weighted by Crippen LogP contribution is -2.52. The van der Waals surface area contributed by atoms with Gasteiger partial charge >= 0.3 is 0 Å². The molecule has 1 aromatic carbocycles. The standard InChI is InChI=1S/C15H20N2O2/c1-10(2)15(3,9-18)17-14(19)12-4-5-13-11(8-12)6-7-16-13/h4-8,10,16,18H,9H2,1-3H3,(H,17,19). The molecule has 1 heterocycles. The maximum atomic E-state index is 12.3. The van der Waals surface area contributed by atoms with Crippen molar-refractivity contribution in [3.05, 3.63) is 36.0 Å². The minimum absolute atomic E-state index is 0.0805. The Labute approximate surface area is 112 Å². The van der Waals surface area contributed by atoms with Gasteiger partial charge in [-0.25, -0.2) is 0 Å². The van der Waals surface area contributed by atoms with Crippen molar-refractivity contribution in [3.63, 3.8) is 0 Å². The fourth-order valence-corrected chi connectivity index (χ4v) is 1.89. The zero-order valence-corrected chi connectivity index (χ0v) is 11.5. The third-order valence-electron chi connectivity index (χ3n) is 3.82. The maximum absolute atomic E-state index is 12.3. The second-order valence-corrected chi connectivity index (χ2v) is 5.46. The van der Waals surface area contributed by atoms with Crippen LogP contribution < -0.4 is 5.32 Å². The highest BCUT2D eigenvalue weighted by Crippen LogP contribution is 2.18. The first-order valence-corrected chi connectivity index (χ1v) is 6.47. The molecule has 0 aliphatic rings. The molecule has 0 radical (unpaired) electrons. The van der Waals surface area contributed by atoms with E-state index in [0.29, 0.717) is 5.56 Å². The number of H-pyrrole nitrogens is 1. The van der Waals surface area contributed by atoms with Crippen LogP contribution in [0.1, 0.15) is 31.1 Å². The number of aliphatic hydroxyl groups is 1. The molecule has 0 bridgehead atoms. The first kappa shape index (κ1) is 13.6. The van der Waals surface area contributed by atoms with E-state index < -0.39 is 5.54 Å². The highest BCUT2D eigenvalue weighted by Gasteiger charge is 2.29. The second kappa shape index (κ2) is 5.05. The zero-order chi connectivity index (χ0) is 14.0. The minimum atomic E-state index is -0.607. The number of hydrogen-bond donors (Lipinski definition) is 3. The van der Waals surface area contributed by atoms with Gasteiger partial charge in [0.2, 0.25) is 0 Å². The smallest absolute Gasteiger partial charge is 0.251 e. The van der Waals surface area contributed by atoms with Gasteiger partial charge in [-0.2, -0.15) is 0 Å². The van der Waals surface area contributed by atoms with E-state index in [1.807, 2.05) is 45.2 Å². The van der Waals surface area contributed by atoms with Crippen molar-refractivity contribution >= 4 is 16.8 Å². The quantitative estimate of drug-likeness (QED) is 0.789. The van der Waals surface area contributed by atoms with Gasteiger partial charge in [-0.05, 0) is 37.1 Å². The molecule has 1 atom stereocenters. The Bertz CT molecular complexity index is 589. The molecule has 4 nitrogen and oxygen atoms in total. The molecule has 0 aliphatic carbocycles. The van der Waals surface area contributed by atoms with E-state index in [9.17, 15) is 9.90 Å².